The molecule has 0 spiro atoms. The van der Waals surface area contributed by atoms with Crippen LogP contribution in [0, 0.1) is 0 Å². The van der Waals surface area contributed by atoms with Crippen LogP contribution in [0.3, 0.4) is 0 Å². The highest BCUT2D eigenvalue weighted by atomic mass is 16.6. The molecule has 0 aliphatic rings. The maximum atomic E-state index is 13.0. The predicted octanol–water partition coefficient (Wildman–Crippen LogP) is 25.9. The van der Waals surface area contributed by atoms with Gasteiger partial charge in [-0.2, -0.15) is 0 Å². The number of carbonyl (C=O) groups is 3. The maximum Gasteiger partial charge on any atom is 0.306 e. The molecule has 0 amide bonds. The number of carbonyl (C=O) groups excluding carboxylic acids is 3. The van der Waals surface area contributed by atoms with E-state index in [1.54, 1.807) is 0 Å². The lowest BCUT2D eigenvalue weighted by Crippen LogP contribution is -2.30. The number of unbranched alkanes of at least 4 members (excludes halogenated alkanes) is 53. The van der Waals surface area contributed by atoms with Crippen LogP contribution >= 0.6 is 0 Å². The van der Waals surface area contributed by atoms with Gasteiger partial charge in [0.05, 0.1) is 0 Å². The first-order valence-electron chi connectivity index (χ1n) is 37.5. The van der Waals surface area contributed by atoms with Crippen LogP contribution in [-0.2, 0) is 28.6 Å². The lowest BCUT2D eigenvalue weighted by atomic mass is 10.0. The zero-order valence-corrected chi connectivity index (χ0v) is 56.2. The van der Waals surface area contributed by atoms with Gasteiger partial charge in [0, 0.05) is 19.3 Å². The van der Waals surface area contributed by atoms with Crippen molar-refractivity contribution in [2.75, 3.05) is 13.2 Å². The van der Waals surface area contributed by atoms with Crippen molar-refractivity contribution in [1.82, 2.24) is 0 Å². The number of rotatable bonds is 70. The minimum absolute atomic E-state index is 0.0668. The molecule has 1 unspecified atom stereocenters. The van der Waals surface area contributed by atoms with Crippen LogP contribution in [0.1, 0.15) is 419 Å². The van der Waals surface area contributed by atoms with E-state index < -0.39 is 6.10 Å². The van der Waals surface area contributed by atoms with E-state index in [0.29, 0.717) is 19.3 Å². The quantitative estimate of drug-likeness (QED) is 0.0261. The Morgan fingerprint density at radius 2 is 0.434 bits per heavy atom. The maximum absolute atomic E-state index is 13.0. The summed E-state index contributed by atoms with van der Waals surface area (Å²) in [7, 11) is 0. The van der Waals surface area contributed by atoms with Gasteiger partial charge in [-0.15, -0.1) is 0 Å². The molecule has 0 aromatic carbocycles. The third-order valence-electron chi connectivity index (χ3n) is 17.1. The molecule has 0 fully saturated rings. The van der Waals surface area contributed by atoms with Gasteiger partial charge in [-0.05, 0) is 77.0 Å². The lowest BCUT2D eigenvalue weighted by Gasteiger charge is -2.18. The van der Waals surface area contributed by atoms with E-state index in [2.05, 4.69) is 57.2 Å². The highest BCUT2D eigenvalue weighted by Crippen LogP contribution is 2.19. The molecule has 6 heteroatoms. The van der Waals surface area contributed by atoms with Crippen molar-refractivity contribution >= 4 is 17.9 Å². The summed E-state index contributed by atoms with van der Waals surface area (Å²) in [5.41, 5.74) is 0. The van der Waals surface area contributed by atoms with Crippen LogP contribution in [0.15, 0.2) is 36.5 Å². The molecule has 0 aliphatic carbocycles. The van der Waals surface area contributed by atoms with Crippen LogP contribution in [0.2, 0.25) is 0 Å². The van der Waals surface area contributed by atoms with Crippen LogP contribution in [0.25, 0.3) is 0 Å². The van der Waals surface area contributed by atoms with Gasteiger partial charge >= 0.3 is 17.9 Å². The van der Waals surface area contributed by atoms with Crippen LogP contribution < -0.4 is 0 Å². The Morgan fingerprint density at radius 1 is 0.241 bits per heavy atom. The van der Waals surface area contributed by atoms with E-state index in [9.17, 15) is 14.4 Å². The first-order valence-corrected chi connectivity index (χ1v) is 37.5. The summed E-state index contributed by atoms with van der Waals surface area (Å²) in [4.78, 5) is 38.5. The van der Waals surface area contributed by atoms with Crippen molar-refractivity contribution in [2.45, 2.75) is 425 Å². The van der Waals surface area contributed by atoms with Gasteiger partial charge in [0.2, 0.25) is 0 Å². The largest absolute Gasteiger partial charge is 0.462 e. The number of allylic oxidation sites excluding steroid dienone is 6. The monoisotopic (exact) mass is 1170 g/mol. The third-order valence-corrected chi connectivity index (χ3v) is 17.1. The molecule has 0 aromatic heterocycles. The third kappa shape index (κ3) is 70.3. The van der Waals surface area contributed by atoms with E-state index >= 15 is 0 Å². The minimum atomic E-state index is -0.772. The van der Waals surface area contributed by atoms with Gasteiger partial charge in [-0.1, -0.05) is 359 Å². The Morgan fingerprint density at radius 3 is 0.675 bits per heavy atom. The Balaban J connectivity index is 4.27. The summed E-state index contributed by atoms with van der Waals surface area (Å²) >= 11 is 0. The molecule has 0 heterocycles. The molecule has 0 radical (unpaired) electrons. The first-order chi connectivity index (χ1) is 41.0. The van der Waals surface area contributed by atoms with E-state index in [1.807, 2.05) is 0 Å². The molecule has 0 aromatic rings. The predicted molar refractivity (Wildman–Crippen MR) is 362 cm³/mol. The Labute approximate surface area is 518 Å². The molecule has 0 aliphatic heterocycles. The zero-order chi connectivity index (χ0) is 59.9. The summed E-state index contributed by atoms with van der Waals surface area (Å²) in [6, 6.07) is 0. The van der Waals surface area contributed by atoms with Gasteiger partial charge in [-0.3, -0.25) is 14.4 Å². The second-order valence-electron chi connectivity index (χ2n) is 25.6. The van der Waals surface area contributed by atoms with E-state index in [4.69, 9.17) is 14.2 Å². The SMILES string of the molecule is CCCCCCC/C=C\C/C=C\CCCCCCCCCCCCCCCCCC(=O)OCC(COC(=O)CCCCCCCCCCCCCCCCCCC)OC(=O)CCCCCCCCCCC/C=C\CCCCCCCCCC. The van der Waals surface area contributed by atoms with E-state index in [-0.39, 0.29) is 31.1 Å². The highest BCUT2D eigenvalue weighted by Gasteiger charge is 2.20. The zero-order valence-electron chi connectivity index (χ0n) is 56.2. The molecular weight excluding hydrogens is 1020 g/mol. The summed E-state index contributed by atoms with van der Waals surface area (Å²) < 4.78 is 17.0. The van der Waals surface area contributed by atoms with Crippen molar-refractivity contribution in [3.63, 3.8) is 0 Å². The Hall–Kier alpha value is -2.37. The summed E-state index contributed by atoms with van der Waals surface area (Å²) in [5, 5.41) is 0. The molecule has 6 nitrogen and oxygen atoms in total. The molecule has 1 atom stereocenters. The minimum Gasteiger partial charge on any atom is -0.462 e. The molecular formula is C77H144O6. The van der Waals surface area contributed by atoms with Crippen molar-refractivity contribution in [1.29, 1.82) is 0 Å². The number of hydrogen-bond donors (Lipinski definition) is 0. The fourth-order valence-electron chi connectivity index (χ4n) is 11.5. The van der Waals surface area contributed by atoms with Crippen molar-refractivity contribution in [2.24, 2.45) is 0 Å². The summed E-state index contributed by atoms with van der Waals surface area (Å²) in [6.45, 7) is 6.72. The summed E-state index contributed by atoms with van der Waals surface area (Å²) in [5.74, 6) is -0.835. The Bertz CT molecular complexity index is 1380. The van der Waals surface area contributed by atoms with Crippen LogP contribution in [0.5, 0.6) is 0 Å². The number of hydrogen-bond acceptors (Lipinski definition) is 6. The standard InChI is InChI=1S/C77H144O6/c1-4-7-10-13-16-19-22-25-28-31-33-35-36-37-38-39-40-42-43-46-49-52-55-58-61-64-67-70-76(79)82-73-74(72-81-75(78)69-66-63-60-57-54-51-48-45-30-27-24-21-18-15-12-9-6-3)83-77(80)71-68-65-62-59-56-53-50-47-44-41-34-32-29-26-23-20-17-14-11-8-5-2/h22,25,31-34,74H,4-21,23-24,26-30,35-73H2,1-3H3/b25-22-,33-31-,34-32-. The van der Waals surface area contributed by atoms with Crippen LogP contribution in [0.4, 0.5) is 0 Å². The Kier molecular flexibility index (Phi) is 70.0. The van der Waals surface area contributed by atoms with Crippen molar-refractivity contribution in [3.05, 3.63) is 36.5 Å². The molecule has 0 rings (SSSR count). The second-order valence-corrected chi connectivity index (χ2v) is 25.6. The smallest absolute Gasteiger partial charge is 0.306 e. The average molecular weight is 1170 g/mol. The van der Waals surface area contributed by atoms with E-state index in [0.717, 1.165) is 64.2 Å². The van der Waals surface area contributed by atoms with Gasteiger partial charge in [0.1, 0.15) is 13.2 Å². The fraction of sp³-hybridized carbons (Fsp3) is 0.883. The summed E-state index contributed by atoms with van der Waals surface area (Å²) in [6.07, 6.45) is 90.4. The normalized spacial score (nSPS) is 12.2. The number of ether oxygens (including phenoxy) is 3. The molecule has 488 valence electrons. The lowest BCUT2D eigenvalue weighted by molar-refractivity contribution is -0.167. The molecule has 0 bridgehead atoms. The van der Waals surface area contributed by atoms with Crippen LogP contribution in [-0.4, -0.2) is 37.2 Å². The average Bonchev–Trinajstić information content (AvgIpc) is 3.49. The van der Waals surface area contributed by atoms with E-state index in [1.165, 1.54) is 315 Å². The van der Waals surface area contributed by atoms with Gasteiger partial charge in [-0.25, -0.2) is 0 Å². The molecule has 83 heavy (non-hydrogen) atoms. The molecule has 0 saturated heterocycles. The van der Waals surface area contributed by atoms with Crippen molar-refractivity contribution in [3.8, 4) is 0 Å². The fourth-order valence-corrected chi connectivity index (χ4v) is 11.5. The van der Waals surface area contributed by atoms with Crippen molar-refractivity contribution < 1.29 is 28.6 Å². The molecule has 0 saturated carbocycles. The molecule has 0 N–H and O–H groups in total. The van der Waals surface area contributed by atoms with Gasteiger partial charge < -0.3 is 14.2 Å². The number of esters is 3. The topological polar surface area (TPSA) is 78.9 Å². The first kappa shape index (κ1) is 80.6. The van der Waals surface area contributed by atoms with Gasteiger partial charge in [0.15, 0.2) is 6.10 Å². The second kappa shape index (κ2) is 72.1. The van der Waals surface area contributed by atoms with Gasteiger partial charge in [0.25, 0.3) is 0 Å². The highest BCUT2D eigenvalue weighted by molar-refractivity contribution is 5.71.